The maximum absolute atomic E-state index is 10.7. The predicted molar refractivity (Wildman–Crippen MR) is 101 cm³/mol. The summed E-state index contributed by atoms with van der Waals surface area (Å²) >= 11 is 3.38. The molecule has 4 rings (SSSR count). The van der Waals surface area contributed by atoms with Gasteiger partial charge in [0, 0.05) is 24.7 Å². The molecule has 0 aliphatic carbocycles. The molecule has 1 aromatic carbocycles. The minimum atomic E-state index is -0.483. The van der Waals surface area contributed by atoms with Gasteiger partial charge in [0.2, 0.25) is 11.8 Å². The van der Waals surface area contributed by atoms with Crippen molar-refractivity contribution in [2.75, 3.05) is 0 Å². The van der Waals surface area contributed by atoms with E-state index in [0.717, 1.165) is 15.6 Å². The summed E-state index contributed by atoms with van der Waals surface area (Å²) in [7, 11) is 0. The van der Waals surface area contributed by atoms with Crippen molar-refractivity contribution in [1.29, 1.82) is 0 Å². The fourth-order valence-electron chi connectivity index (χ4n) is 2.62. The van der Waals surface area contributed by atoms with E-state index in [4.69, 9.17) is 4.42 Å². The molecule has 3 heterocycles. The van der Waals surface area contributed by atoms with E-state index in [2.05, 4.69) is 36.3 Å². The predicted octanol–water partition coefficient (Wildman–Crippen LogP) is 3.09. The number of aryl methyl sites for hydroxylation is 2. The van der Waals surface area contributed by atoms with E-state index >= 15 is 0 Å². The van der Waals surface area contributed by atoms with E-state index in [1.165, 1.54) is 17.1 Å². The lowest BCUT2D eigenvalue weighted by atomic mass is 10.1. The van der Waals surface area contributed by atoms with Gasteiger partial charge in [-0.15, -0.1) is 10.2 Å². The first-order valence-corrected chi connectivity index (χ1v) is 9.12. The Balaban J connectivity index is 1.38. The number of rotatable bonds is 7. The highest BCUT2D eigenvalue weighted by Crippen LogP contribution is 2.19. The largest absolute Gasteiger partial charge is 0.421 e. The number of aromatic nitrogens is 6. The molecule has 0 saturated carbocycles. The van der Waals surface area contributed by atoms with E-state index in [-0.39, 0.29) is 5.69 Å². The molecular weight excluding hydrogens is 430 g/mol. The van der Waals surface area contributed by atoms with Crippen LogP contribution in [0.25, 0.3) is 11.5 Å². The molecule has 28 heavy (non-hydrogen) atoms. The van der Waals surface area contributed by atoms with Crippen LogP contribution in [0.5, 0.6) is 0 Å². The van der Waals surface area contributed by atoms with Gasteiger partial charge in [-0.25, -0.2) is 0 Å². The minimum absolute atomic E-state index is 0.0474. The normalized spacial score (nSPS) is 11.0. The average molecular weight is 444 g/mol. The minimum Gasteiger partial charge on any atom is -0.421 e. The van der Waals surface area contributed by atoms with Crippen molar-refractivity contribution in [3.8, 4) is 11.5 Å². The molecule has 3 aromatic heterocycles. The van der Waals surface area contributed by atoms with Gasteiger partial charge in [-0.05, 0) is 33.6 Å². The zero-order valence-electron chi connectivity index (χ0n) is 14.5. The molecule has 142 valence electrons. The summed E-state index contributed by atoms with van der Waals surface area (Å²) in [6.45, 7) is 1.07. The lowest BCUT2D eigenvalue weighted by molar-refractivity contribution is -0.385. The Kier molecular flexibility index (Phi) is 4.98. The topological polar surface area (TPSA) is 118 Å². The van der Waals surface area contributed by atoms with Gasteiger partial charge in [-0.1, -0.05) is 12.1 Å². The number of hydrogen-bond acceptors (Lipinski definition) is 7. The van der Waals surface area contributed by atoms with Crippen LogP contribution in [0.3, 0.4) is 0 Å². The molecule has 0 spiro atoms. The van der Waals surface area contributed by atoms with Crippen LogP contribution < -0.4 is 0 Å². The Morgan fingerprint density at radius 1 is 1.07 bits per heavy atom. The van der Waals surface area contributed by atoms with Crippen molar-refractivity contribution in [2.45, 2.75) is 19.5 Å². The van der Waals surface area contributed by atoms with Crippen molar-refractivity contribution >= 4 is 21.6 Å². The molecule has 0 amide bonds. The third-order valence-electron chi connectivity index (χ3n) is 4.00. The summed E-state index contributed by atoms with van der Waals surface area (Å²) in [4.78, 5) is 10.2. The van der Waals surface area contributed by atoms with Crippen LogP contribution >= 0.6 is 15.9 Å². The van der Waals surface area contributed by atoms with Gasteiger partial charge in [0.1, 0.15) is 12.4 Å². The number of halogens is 1. The summed E-state index contributed by atoms with van der Waals surface area (Å²) in [5.74, 6) is 0.869. The number of hydrogen-bond donors (Lipinski definition) is 0. The van der Waals surface area contributed by atoms with Gasteiger partial charge >= 0.3 is 5.69 Å². The summed E-state index contributed by atoms with van der Waals surface area (Å²) < 4.78 is 9.94. The molecule has 11 heteroatoms. The van der Waals surface area contributed by atoms with Crippen molar-refractivity contribution < 1.29 is 9.34 Å². The third-order valence-corrected chi connectivity index (χ3v) is 4.41. The Hall–Kier alpha value is -3.34. The smallest absolute Gasteiger partial charge is 0.306 e. The maximum Gasteiger partial charge on any atom is 0.306 e. The Morgan fingerprint density at radius 2 is 1.86 bits per heavy atom. The van der Waals surface area contributed by atoms with Crippen LogP contribution in [-0.2, 0) is 19.5 Å². The van der Waals surface area contributed by atoms with Crippen LogP contribution in [0.15, 0.2) is 57.9 Å². The molecule has 0 atom stereocenters. The van der Waals surface area contributed by atoms with Crippen molar-refractivity contribution in [3.05, 3.63) is 75.1 Å². The first kappa shape index (κ1) is 18.0. The molecule has 0 unspecified atom stereocenters. The summed E-state index contributed by atoms with van der Waals surface area (Å²) in [6.07, 6.45) is 6.66. The fraction of sp³-hybridized carbons (Fsp3) is 0.176. The first-order valence-electron chi connectivity index (χ1n) is 8.33. The second-order valence-corrected chi connectivity index (χ2v) is 6.94. The molecule has 0 saturated heterocycles. The van der Waals surface area contributed by atoms with Gasteiger partial charge in [0.15, 0.2) is 0 Å². The van der Waals surface area contributed by atoms with E-state index in [9.17, 15) is 10.1 Å². The van der Waals surface area contributed by atoms with Crippen LogP contribution in [0.1, 0.15) is 11.5 Å². The van der Waals surface area contributed by atoms with Gasteiger partial charge in [-0.3, -0.25) is 19.5 Å². The molecule has 4 aromatic rings. The average Bonchev–Trinajstić information content (AvgIpc) is 3.42. The van der Waals surface area contributed by atoms with Gasteiger partial charge in [0.05, 0.1) is 22.1 Å². The lowest BCUT2D eigenvalue weighted by Gasteiger charge is -2.02. The first-order chi connectivity index (χ1) is 13.6. The second-order valence-electron chi connectivity index (χ2n) is 6.02. The third kappa shape index (κ3) is 4.14. The molecule has 0 N–H and O–H groups in total. The van der Waals surface area contributed by atoms with E-state index in [0.29, 0.717) is 31.3 Å². The Labute approximate surface area is 167 Å². The quantitative estimate of drug-likeness (QED) is 0.318. The lowest BCUT2D eigenvalue weighted by Crippen LogP contribution is -2.01. The van der Waals surface area contributed by atoms with Gasteiger partial charge < -0.3 is 4.42 Å². The van der Waals surface area contributed by atoms with Gasteiger partial charge in [0.25, 0.3) is 0 Å². The van der Waals surface area contributed by atoms with Crippen molar-refractivity contribution in [2.24, 2.45) is 0 Å². The van der Waals surface area contributed by atoms with Crippen LogP contribution in [0.2, 0.25) is 0 Å². The van der Waals surface area contributed by atoms with E-state index < -0.39 is 4.92 Å². The number of nitrogens with zero attached hydrogens (tertiary/aromatic N) is 7. The molecule has 0 aliphatic heterocycles. The number of benzene rings is 1. The monoisotopic (exact) mass is 443 g/mol. The van der Waals surface area contributed by atoms with Crippen molar-refractivity contribution in [3.63, 3.8) is 0 Å². The SMILES string of the molecule is O=[N+]([O-])c1cnn(CCc2nnc(-c3ccc(Cn4cc(Br)cn4)cc3)o2)c1. The van der Waals surface area contributed by atoms with E-state index in [1.54, 1.807) is 6.20 Å². The molecule has 0 aliphatic rings. The standard InChI is InChI=1S/C17H14BrN7O3/c18-14-7-19-24(10-14)9-12-1-3-13(4-2-12)17-22-21-16(28-17)5-6-23-11-15(8-20-23)25(26)27/h1-4,7-8,10-11H,5-6,9H2. The highest BCUT2D eigenvalue weighted by molar-refractivity contribution is 9.10. The summed E-state index contributed by atoms with van der Waals surface area (Å²) in [5.41, 5.74) is 1.87. The van der Waals surface area contributed by atoms with E-state index in [1.807, 2.05) is 35.1 Å². The molecule has 0 radical (unpaired) electrons. The summed E-state index contributed by atoms with van der Waals surface area (Å²) in [5, 5.41) is 27.0. The van der Waals surface area contributed by atoms with Gasteiger partial charge in [-0.2, -0.15) is 10.2 Å². The second kappa shape index (κ2) is 7.72. The summed E-state index contributed by atoms with van der Waals surface area (Å²) in [6, 6.07) is 7.80. The molecular formula is C17H14BrN7O3. The zero-order chi connectivity index (χ0) is 19.5. The van der Waals surface area contributed by atoms with Crippen LogP contribution in [0, 0.1) is 10.1 Å². The molecule has 0 fully saturated rings. The Bertz CT molecular complexity index is 1100. The highest BCUT2D eigenvalue weighted by atomic mass is 79.9. The highest BCUT2D eigenvalue weighted by Gasteiger charge is 2.12. The Morgan fingerprint density at radius 3 is 2.54 bits per heavy atom. The van der Waals surface area contributed by atoms with Crippen LogP contribution in [-0.4, -0.2) is 34.7 Å². The van der Waals surface area contributed by atoms with Crippen molar-refractivity contribution in [1.82, 2.24) is 29.8 Å². The maximum atomic E-state index is 10.7. The number of nitro groups is 1. The fourth-order valence-corrected chi connectivity index (χ4v) is 2.94. The van der Waals surface area contributed by atoms with Crippen LogP contribution in [0.4, 0.5) is 5.69 Å². The molecule has 10 nitrogen and oxygen atoms in total. The molecule has 0 bridgehead atoms. The zero-order valence-corrected chi connectivity index (χ0v) is 16.1.